The lowest BCUT2D eigenvalue weighted by molar-refractivity contribution is 0.0973. The molecular weight excluding hydrogens is 443 g/mol. The standard InChI is InChI=1S/C22H26N2O5.2ClH/c1-27-14-10-16-20(18(11-14)29-3)22(26)19-15(21(16)25)8-13(9-17(19)28-2)12-24-7-5-4-6-23;;/h8-11,24H,4-7,12,23H2,1-3H3;2*1H. The molecule has 3 rings (SSSR count). The minimum Gasteiger partial charge on any atom is -0.497 e. The van der Waals surface area contributed by atoms with E-state index in [1.807, 2.05) is 0 Å². The van der Waals surface area contributed by atoms with E-state index < -0.39 is 0 Å². The second-order valence-corrected chi connectivity index (χ2v) is 6.80. The molecule has 2 aromatic rings. The van der Waals surface area contributed by atoms with Crippen LogP contribution in [0.4, 0.5) is 0 Å². The number of methoxy groups -OCH3 is 3. The zero-order valence-corrected chi connectivity index (χ0v) is 19.4. The van der Waals surface area contributed by atoms with Crippen molar-refractivity contribution in [2.24, 2.45) is 5.73 Å². The molecule has 0 atom stereocenters. The molecule has 2 aromatic carbocycles. The molecule has 0 heterocycles. The lowest BCUT2D eigenvalue weighted by Crippen LogP contribution is -2.24. The van der Waals surface area contributed by atoms with Crippen LogP contribution in [-0.4, -0.2) is 46.0 Å². The maximum Gasteiger partial charge on any atom is 0.201 e. The first-order chi connectivity index (χ1) is 14.0. The minimum absolute atomic E-state index is 0. The summed E-state index contributed by atoms with van der Waals surface area (Å²) in [6.07, 6.45) is 1.93. The first-order valence-corrected chi connectivity index (χ1v) is 9.52. The Morgan fingerprint density at radius 2 is 1.42 bits per heavy atom. The van der Waals surface area contributed by atoms with Crippen LogP contribution in [0.15, 0.2) is 24.3 Å². The van der Waals surface area contributed by atoms with E-state index in [2.05, 4.69) is 5.32 Å². The number of hydrogen-bond acceptors (Lipinski definition) is 7. The fourth-order valence-electron chi connectivity index (χ4n) is 3.53. The molecular formula is C22H28Cl2N2O5. The largest absolute Gasteiger partial charge is 0.497 e. The average molecular weight is 471 g/mol. The van der Waals surface area contributed by atoms with Gasteiger partial charge < -0.3 is 25.3 Å². The number of hydrogen-bond donors (Lipinski definition) is 2. The molecule has 1 aliphatic carbocycles. The summed E-state index contributed by atoms with van der Waals surface area (Å²) in [6.45, 7) is 2.04. The van der Waals surface area contributed by atoms with Crippen molar-refractivity contribution in [2.45, 2.75) is 19.4 Å². The number of ketones is 2. The predicted octanol–water partition coefficient (Wildman–Crippen LogP) is 3.16. The predicted molar refractivity (Wildman–Crippen MR) is 124 cm³/mol. The SMILES string of the molecule is COc1cc(OC)c2c(c1)C(=O)c1cc(CNCCCCN)cc(OC)c1C2=O.Cl.Cl. The topological polar surface area (TPSA) is 99.9 Å². The first-order valence-electron chi connectivity index (χ1n) is 9.52. The van der Waals surface area contributed by atoms with Crippen molar-refractivity contribution < 1.29 is 23.8 Å². The third-order valence-corrected chi connectivity index (χ3v) is 4.99. The molecule has 0 radical (unpaired) electrons. The van der Waals surface area contributed by atoms with Crippen LogP contribution in [0.5, 0.6) is 17.2 Å². The Balaban J connectivity index is 0.00000240. The fraction of sp³-hybridized carbons (Fsp3) is 0.364. The summed E-state index contributed by atoms with van der Waals surface area (Å²) < 4.78 is 16.1. The van der Waals surface area contributed by atoms with E-state index in [1.165, 1.54) is 21.3 Å². The van der Waals surface area contributed by atoms with Gasteiger partial charge in [0.2, 0.25) is 5.78 Å². The van der Waals surface area contributed by atoms with Crippen LogP contribution in [0.2, 0.25) is 0 Å². The van der Waals surface area contributed by atoms with Crippen LogP contribution >= 0.6 is 24.8 Å². The molecule has 0 fully saturated rings. The Labute approximate surface area is 194 Å². The molecule has 3 N–H and O–H groups in total. The van der Waals surface area contributed by atoms with E-state index in [-0.39, 0.29) is 53.1 Å². The quantitative estimate of drug-likeness (QED) is 0.463. The van der Waals surface area contributed by atoms with Crippen molar-refractivity contribution >= 4 is 36.4 Å². The summed E-state index contributed by atoms with van der Waals surface area (Å²) in [4.78, 5) is 26.5. The van der Waals surface area contributed by atoms with Crippen molar-refractivity contribution in [3.05, 3.63) is 52.1 Å². The first kappa shape index (κ1) is 26.7. The van der Waals surface area contributed by atoms with Crippen LogP contribution < -0.4 is 25.3 Å². The van der Waals surface area contributed by atoms with Crippen LogP contribution in [0, 0.1) is 0 Å². The summed E-state index contributed by atoms with van der Waals surface area (Å²) in [5, 5.41) is 3.33. The van der Waals surface area contributed by atoms with Crippen LogP contribution in [0.25, 0.3) is 0 Å². The van der Waals surface area contributed by atoms with Gasteiger partial charge in [-0.3, -0.25) is 9.59 Å². The lowest BCUT2D eigenvalue weighted by Gasteiger charge is -2.23. The zero-order chi connectivity index (χ0) is 21.0. The van der Waals surface area contributed by atoms with Crippen LogP contribution in [-0.2, 0) is 6.54 Å². The molecule has 0 aromatic heterocycles. The number of carbonyl (C=O) groups excluding carboxylic acids is 2. The Morgan fingerprint density at radius 1 is 0.806 bits per heavy atom. The van der Waals surface area contributed by atoms with E-state index in [0.717, 1.165) is 24.9 Å². The van der Waals surface area contributed by atoms with E-state index in [1.54, 1.807) is 24.3 Å². The maximum absolute atomic E-state index is 13.3. The number of fused-ring (bicyclic) bond motifs is 2. The molecule has 0 unspecified atom stereocenters. The summed E-state index contributed by atoms with van der Waals surface area (Å²) in [7, 11) is 4.45. The van der Waals surface area contributed by atoms with Crippen LogP contribution in [0.1, 0.15) is 50.2 Å². The summed E-state index contributed by atoms with van der Waals surface area (Å²) in [5.74, 6) is 0.581. The van der Waals surface area contributed by atoms with Gasteiger partial charge in [-0.15, -0.1) is 24.8 Å². The number of unbranched alkanes of at least 4 members (excludes halogenated alkanes) is 1. The Bertz CT molecular complexity index is 950. The lowest BCUT2D eigenvalue weighted by atomic mass is 9.82. The van der Waals surface area contributed by atoms with Gasteiger partial charge in [0, 0.05) is 23.7 Å². The van der Waals surface area contributed by atoms with Gasteiger partial charge in [0.1, 0.15) is 17.2 Å². The number of ether oxygens (including phenoxy) is 3. The molecule has 170 valence electrons. The Morgan fingerprint density at radius 3 is 2.00 bits per heavy atom. The van der Waals surface area contributed by atoms with E-state index in [4.69, 9.17) is 19.9 Å². The van der Waals surface area contributed by atoms with Gasteiger partial charge in [0.25, 0.3) is 0 Å². The molecule has 0 spiro atoms. The van der Waals surface area contributed by atoms with Gasteiger partial charge >= 0.3 is 0 Å². The van der Waals surface area contributed by atoms with Crippen LogP contribution in [0.3, 0.4) is 0 Å². The molecule has 31 heavy (non-hydrogen) atoms. The van der Waals surface area contributed by atoms with Gasteiger partial charge in [0.15, 0.2) is 5.78 Å². The average Bonchev–Trinajstić information content (AvgIpc) is 2.75. The van der Waals surface area contributed by atoms with Crippen molar-refractivity contribution in [2.75, 3.05) is 34.4 Å². The highest BCUT2D eigenvalue weighted by atomic mass is 35.5. The van der Waals surface area contributed by atoms with E-state index >= 15 is 0 Å². The molecule has 9 heteroatoms. The zero-order valence-electron chi connectivity index (χ0n) is 17.8. The Hall–Kier alpha value is -2.32. The number of benzene rings is 2. The van der Waals surface area contributed by atoms with Gasteiger partial charge in [0.05, 0.1) is 32.5 Å². The maximum atomic E-state index is 13.3. The van der Waals surface area contributed by atoms with Gasteiger partial charge in [-0.25, -0.2) is 0 Å². The molecule has 0 bridgehead atoms. The second kappa shape index (κ2) is 11.9. The normalized spacial score (nSPS) is 11.6. The highest BCUT2D eigenvalue weighted by molar-refractivity contribution is 6.30. The second-order valence-electron chi connectivity index (χ2n) is 6.80. The van der Waals surface area contributed by atoms with Crippen molar-refractivity contribution in [1.29, 1.82) is 0 Å². The summed E-state index contributed by atoms with van der Waals surface area (Å²) >= 11 is 0. The van der Waals surface area contributed by atoms with E-state index in [9.17, 15) is 9.59 Å². The number of nitrogens with one attached hydrogen (secondary N) is 1. The smallest absolute Gasteiger partial charge is 0.201 e. The molecule has 0 amide bonds. The van der Waals surface area contributed by atoms with E-state index in [0.29, 0.717) is 35.9 Å². The highest BCUT2D eigenvalue weighted by Gasteiger charge is 2.36. The molecule has 0 aliphatic heterocycles. The molecule has 1 aliphatic rings. The van der Waals surface area contributed by atoms with Gasteiger partial charge in [-0.1, -0.05) is 0 Å². The van der Waals surface area contributed by atoms with Crippen molar-refractivity contribution in [3.63, 3.8) is 0 Å². The van der Waals surface area contributed by atoms with Crippen molar-refractivity contribution in [3.8, 4) is 17.2 Å². The summed E-state index contributed by atoms with van der Waals surface area (Å²) in [5.41, 5.74) is 7.48. The van der Waals surface area contributed by atoms with Gasteiger partial charge in [-0.05, 0) is 49.7 Å². The highest BCUT2D eigenvalue weighted by Crippen LogP contribution is 2.40. The third-order valence-electron chi connectivity index (χ3n) is 4.99. The number of halogens is 2. The van der Waals surface area contributed by atoms with Crippen molar-refractivity contribution in [1.82, 2.24) is 5.32 Å². The molecule has 0 saturated heterocycles. The summed E-state index contributed by atoms with van der Waals surface area (Å²) in [6, 6.07) is 6.72. The number of carbonyl (C=O) groups is 2. The third kappa shape index (κ3) is 5.30. The molecule has 0 saturated carbocycles. The number of nitrogens with two attached hydrogens (primary N) is 1. The Kier molecular flexibility index (Phi) is 10.3. The monoisotopic (exact) mass is 470 g/mol. The fourth-order valence-corrected chi connectivity index (χ4v) is 3.53. The number of rotatable bonds is 9. The minimum atomic E-state index is -0.298. The van der Waals surface area contributed by atoms with Gasteiger partial charge in [-0.2, -0.15) is 0 Å². The molecule has 7 nitrogen and oxygen atoms in total.